The molecule has 1 aliphatic rings. The molecule has 5 N–H and O–H groups in total. The number of hydrogen-bond acceptors (Lipinski definition) is 4. The second-order valence-electron chi connectivity index (χ2n) is 7.87. The lowest BCUT2D eigenvalue weighted by Crippen LogP contribution is -2.59. The highest BCUT2D eigenvalue weighted by Crippen LogP contribution is 2.25. The van der Waals surface area contributed by atoms with Gasteiger partial charge in [-0.05, 0) is 32.9 Å². The van der Waals surface area contributed by atoms with Crippen LogP contribution in [0.3, 0.4) is 0 Å². The molecule has 11 heteroatoms. The van der Waals surface area contributed by atoms with Crippen LogP contribution in [0.1, 0.15) is 26.3 Å². The monoisotopic (exact) mass is 461 g/mol. The number of urea groups is 1. The fraction of sp³-hybridized carbons (Fsp3) is 0.421. The van der Waals surface area contributed by atoms with E-state index >= 15 is 0 Å². The van der Waals surface area contributed by atoms with Crippen LogP contribution in [0, 0.1) is 5.41 Å². The first-order valence-electron chi connectivity index (χ1n) is 8.99. The number of nitrogens with zero attached hydrogens (tertiary/aromatic N) is 1. The Morgan fingerprint density at radius 2 is 1.93 bits per heavy atom. The van der Waals surface area contributed by atoms with Gasteiger partial charge in [0, 0.05) is 23.3 Å². The van der Waals surface area contributed by atoms with E-state index in [1.807, 2.05) is 0 Å². The second-order valence-corrected chi connectivity index (χ2v) is 8.68. The number of nitrogens with two attached hydrogens (primary N) is 1. The molecule has 1 heterocycles. The van der Waals surface area contributed by atoms with Crippen molar-refractivity contribution in [2.45, 2.75) is 38.8 Å². The molecule has 0 aliphatic carbocycles. The maximum Gasteiger partial charge on any atom is 0.318 e. The molecule has 3 amide bonds. The van der Waals surface area contributed by atoms with Crippen LogP contribution >= 0.6 is 23.2 Å². The van der Waals surface area contributed by atoms with Crippen molar-refractivity contribution in [3.05, 3.63) is 45.1 Å². The van der Waals surface area contributed by atoms with Crippen LogP contribution in [-0.4, -0.2) is 53.6 Å². The van der Waals surface area contributed by atoms with Crippen molar-refractivity contribution in [1.82, 2.24) is 15.5 Å². The first-order chi connectivity index (χ1) is 13.8. The molecule has 1 atom stereocenters. The van der Waals surface area contributed by atoms with Gasteiger partial charge in [0.05, 0.1) is 27.9 Å². The summed E-state index contributed by atoms with van der Waals surface area (Å²) in [5.41, 5.74) is 4.42. The summed E-state index contributed by atoms with van der Waals surface area (Å²) < 4.78 is 27.0. The van der Waals surface area contributed by atoms with Crippen LogP contribution in [0.5, 0.6) is 0 Å². The summed E-state index contributed by atoms with van der Waals surface area (Å²) >= 11 is 11.9. The Kier molecular flexibility index (Phi) is 7.31. The highest BCUT2D eigenvalue weighted by atomic mass is 35.5. The van der Waals surface area contributed by atoms with Gasteiger partial charge in [-0.3, -0.25) is 10.2 Å². The zero-order chi connectivity index (χ0) is 22.8. The predicted molar refractivity (Wildman–Crippen MR) is 112 cm³/mol. The lowest BCUT2D eigenvalue weighted by molar-refractivity contribution is -0.114. The van der Waals surface area contributed by atoms with Crippen LogP contribution in [0.25, 0.3) is 0 Å². The molecular weight excluding hydrogens is 439 g/mol. The summed E-state index contributed by atoms with van der Waals surface area (Å²) in [5.74, 6) is -1.00. The molecule has 0 spiro atoms. The largest absolute Gasteiger partial charge is 0.376 e. The minimum atomic E-state index is -2.82. The summed E-state index contributed by atoms with van der Waals surface area (Å²) in [6, 6.07) is 2.26. The van der Waals surface area contributed by atoms with Gasteiger partial charge in [0.1, 0.15) is 6.04 Å². The molecule has 1 aromatic carbocycles. The van der Waals surface area contributed by atoms with E-state index in [4.69, 9.17) is 34.3 Å². The van der Waals surface area contributed by atoms with Gasteiger partial charge in [0.15, 0.2) is 0 Å². The number of halogens is 4. The van der Waals surface area contributed by atoms with Crippen molar-refractivity contribution in [2.75, 3.05) is 13.1 Å². The molecule has 1 unspecified atom stereocenters. The van der Waals surface area contributed by atoms with Crippen LogP contribution in [0.15, 0.2) is 29.5 Å². The minimum absolute atomic E-state index is 0.0424. The van der Waals surface area contributed by atoms with Gasteiger partial charge >= 0.3 is 6.03 Å². The van der Waals surface area contributed by atoms with Crippen molar-refractivity contribution in [3.63, 3.8) is 0 Å². The fourth-order valence-corrected chi connectivity index (χ4v) is 3.17. The second kappa shape index (κ2) is 9.18. The van der Waals surface area contributed by atoms with E-state index < -0.39 is 29.9 Å². The Hall–Kier alpha value is -2.39. The SMILES string of the molecule is CC(C)(C)NC(=O)N1C/C(=C(/C(=N)c2ccc(Cl)c(Cl)c2)C(N)=O)NC(C(F)F)C1. The number of carbonyl (C=O) groups is 2. The van der Waals surface area contributed by atoms with Gasteiger partial charge in [-0.15, -0.1) is 0 Å². The molecule has 0 aromatic heterocycles. The third-order valence-electron chi connectivity index (χ3n) is 4.21. The van der Waals surface area contributed by atoms with Crippen LogP contribution < -0.4 is 16.4 Å². The zero-order valence-electron chi connectivity index (χ0n) is 16.7. The lowest BCUT2D eigenvalue weighted by atomic mass is 9.98. The minimum Gasteiger partial charge on any atom is -0.376 e. The average Bonchev–Trinajstić information content (AvgIpc) is 2.62. The number of nitrogens with one attached hydrogen (secondary N) is 3. The van der Waals surface area contributed by atoms with E-state index in [0.717, 1.165) is 4.90 Å². The first kappa shape index (κ1) is 23.9. The summed E-state index contributed by atoms with van der Waals surface area (Å²) in [6.45, 7) is 4.78. The van der Waals surface area contributed by atoms with Crippen LogP contribution in [-0.2, 0) is 4.79 Å². The van der Waals surface area contributed by atoms with E-state index in [1.165, 1.54) is 18.2 Å². The van der Waals surface area contributed by atoms with E-state index in [1.54, 1.807) is 20.8 Å². The van der Waals surface area contributed by atoms with Crippen molar-refractivity contribution in [3.8, 4) is 0 Å². The third-order valence-corrected chi connectivity index (χ3v) is 4.94. The maximum atomic E-state index is 13.5. The summed E-state index contributed by atoms with van der Waals surface area (Å²) in [4.78, 5) is 25.9. The molecule has 1 fully saturated rings. The van der Waals surface area contributed by atoms with Gasteiger partial charge in [-0.25, -0.2) is 13.6 Å². The number of alkyl halides is 2. The van der Waals surface area contributed by atoms with Gasteiger partial charge in [-0.2, -0.15) is 0 Å². The van der Waals surface area contributed by atoms with Crippen molar-refractivity contribution in [2.24, 2.45) is 5.73 Å². The molecule has 1 aromatic rings. The van der Waals surface area contributed by atoms with Gasteiger partial charge < -0.3 is 21.3 Å². The van der Waals surface area contributed by atoms with E-state index in [9.17, 15) is 18.4 Å². The van der Waals surface area contributed by atoms with E-state index in [-0.39, 0.29) is 45.7 Å². The number of primary amides is 1. The first-order valence-corrected chi connectivity index (χ1v) is 9.75. The Bertz CT molecular complexity index is 899. The number of piperazine rings is 1. The molecule has 30 heavy (non-hydrogen) atoms. The van der Waals surface area contributed by atoms with E-state index in [0.29, 0.717) is 0 Å². The average molecular weight is 462 g/mol. The molecule has 164 valence electrons. The summed E-state index contributed by atoms with van der Waals surface area (Å²) in [6.07, 6.45) is -2.82. The topological polar surface area (TPSA) is 111 Å². The Balaban J connectivity index is 2.48. The number of amides is 3. The fourth-order valence-electron chi connectivity index (χ4n) is 2.88. The molecule has 2 rings (SSSR count). The highest BCUT2D eigenvalue weighted by Gasteiger charge is 2.35. The number of benzene rings is 1. The standard InChI is InChI=1S/C19H23Cl2F2N5O2/c1-19(2,3)27-18(30)28-7-12(26-13(8-28)16(22)23)14(17(25)29)15(24)9-4-5-10(20)11(21)6-9/h4-6,13,16,24,26H,7-8H2,1-3H3,(H2,25,29)(H,27,30)/b14-12+,24-15?. The molecule has 0 saturated carbocycles. The number of hydrogen-bond donors (Lipinski definition) is 4. The molecule has 0 radical (unpaired) electrons. The Morgan fingerprint density at radius 3 is 2.43 bits per heavy atom. The van der Waals surface area contributed by atoms with E-state index in [2.05, 4.69) is 10.6 Å². The third kappa shape index (κ3) is 5.82. The number of rotatable bonds is 4. The number of carbonyl (C=O) groups excluding carboxylic acids is 2. The van der Waals surface area contributed by atoms with Crippen LogP contribution in [0.2, 0.25) is 10.0 Å². The lowest BCUT2D eigenvalue weighted by Gasteiger charge is -2.37. The predicted octanol–water partition coefficient (Wildman–Crippen LogP) is 3.15. The summed E-state index contributed by atoms with van der Waals surface area (Å²) in [5, 5.41) is 14.1. The molecule has 0 bridgehead atoms. The molecule has 7 nitrogen and oxygen atoms in total. The normalized spacial score (nSPS) is 18.7. The van der Waals surface area contributed by atoms with Gasteiger partial charge in [0.25, 0.3) is 12.3 Å². The summed E-state index contributed by atoms with van der Waals surface area (Å²) in [7, 11) is 0. The molecule has 1 aliphatic heterocycles. The maximum absolute atomic E-state index is 13.5. The zero-order valence-corrected chi connectivity index (χ0v) is 18.2. The Morgan fingerprint density at radius 1 is 1.30 bits per heavy atom. The highest BCUT2D eigenvalue weighted by molar-refractivity contribution is 6.42. The van der Waals surface area contributed by atoms with Gasteiger partial charge in [-0.1, -0.05) is 29.3 Å². The van der Waals surface area contributed by atoms with Crippen molar-refractivity contribution in [1.29, 1.82) is 5.41 Å². The quantitative estimate of drug-likeness (QED) is 0.408. The van der Waals surface area contributed by atoms with Crippen molar-refractivity contribution >= 4 is 40.9 Å². The molecular formula is C19H23Cl2F2N5O2. The smallest absolute Gasteiger partial charge is 0.318 e. The van der Waals surface area contributed by atoms with Crippen molar-refractivity contribution < 1.29 is 18.4 Å². The van der Waals surface area contributed by atoms with Gasteiger partial charge in [0.2, 0.25) is 0 Å². The molecule has 1 saturated heterocycles. The van der Waals surface area contributed by atoms with Crippen LogP contribution in [0.4, 0.5) is 13.6 Å². The Labute approximate surface area is 183 Å².